The number of benzene rings is 2. The molecule has 0 saturated carbocycles. The third-order valence-corrected chi connectivity index (χ3v) is 6.68. The molecule has 190 valence electrons. The number of fused-ring (bicyclic) bond motifs is 1. The Labute approximate surface area is 215 Å². The Morgan fingerprint density at radius 2 is 1.76 bits per heavy atom. The minimum Gasteiger partial charge on any atom is -0.463 e. The van der Waals surface area contributed by atoms with E-state index in [0.29, 0.717) is 6.54 Å². The van der Waals surface area contributed by atoms with Crippen molar-refractivity contribution in [3.05, 3.63) is 84.3 Å². The number of aromatic nitrogens is 2. The zero-order chi connectivity index (χ0) is 25.0. The predicted molar refractivity (Wildman–Crippen MR) is 137 cm³/mol. The van der Waals surface area contributed by atoms with Gasteiger partial charge in [-0.2, -0.15) is 5.10 Å². The molecule has 2 aliphatic heterocycles. The van der Waals surface area contributed by atoms with Gasteiger partial charge in [0.25, 0.3) is 0 Å². The molecule has 37 heavy (non-hydrogen) atoms. The number of ether oxygens (including phenoxy) is 2. The standard InChI is InChI=1S/C28H29N5O4/c34-28(32-12-10-31(11-13-32)19-21-8-9-26-27(15-21)37-20-36-26)18-29-17-22-16-24(25-7-4-14-35-25)33(30-22)23-5-2-1-3-6-23/h1-9,14-16,29H,10-13,17-20H2. The van der Waals surface area contributed by atoms with Crippen LogP contribution in [0.15, 0.2) is 77.4 Å². The molecule has 1 fully saturated rings. The summed E-state index contributed by atoms with van der Waals surface area (Å²) < 4.78 is 18.4. The summed E-state index contributed by atoms with van der Waals surface area (Å²) in [6, 6.07) is 21.8. The molecular formula is C28H29N5O4. The summed E-state index contributed by atoms with van der Waals surface area (Å²) in [6.45, 7) is 5.00. The van der Waals surface area contributed by atoms with Crippen molar-refractivity contribution in [3.8, 4) is 28.6 Å². The zero-order valence-electron chi connectivity index (χ0n) is 20.5. The molecule has 4 aromatic rings. The van der Waals surface area contributed by atoms with Gasteiger partial charge in [0.05, 0.1) is 24.2 Å². The third kappa shape index (κ3) is 5.23. The van der Waals surface area contributed by atoms with Crippen molar-refractivity contribution < 1.29 is 18.7 Å². The van der Waals surface area contributed by atoms with Gasteiger partial charge in [-0.05, 0) is 48.0 Å². The van der Waals surface area contributed by atoms with Crippen LogP contribution in [0.4, 0.5) is 0 Å². The Bertz CT molecular complexity index is 1340. The van der Waals surface area contributed by atoms with Crippen LogP contribution in [-0.2, 0) is 17.9 Å². The van der Waals surface area contributed by atoms with Crippen LogP contribution in [0, 0.1) is 0 Å². The Kier molecular flexibility index (Phi) is 6.62. The average Bonchev–Trinajstić information content (AvgIpc) is 3.70. The lowest BCUT2D eigenvalue weighted by Crippen LogP contribution is -2.50. The van der Waals surface area contributed by atoms with Crippen molar-refractivity contribution in [2.75, 3.05) is 39.5 Å². The Hall–Kier alpha value is -4.08. The molecule has 6 rings (SSSR count). The third-order valence-electron chi connectivity index (χ3n) is 6.68. The molecule has 1 amide bonds. The van der Waals surface area contributed by atoms with Crippen LogP contribution in [0.25, 0.3) is 17.1 Å². The number of carbonyl (C=O) groups excluding carboxylic acids is 1. The topological polar surface area (TPSA) is 85.0 Å². The van der Waals surface area contributed by atoms with E-state index in [0.717, 1.165) is 67.1 Å². The molecule has 0 bridgehead atoms. The minimum absolute atomic E-state index is 0.108. The monoisotopic (exact) mass is 499 g/mol. The van der Waals surface area contributed by atoms with Crippen LogP contribution >= 0.6 is 0 Å². The first-order chi connectivity index (χ1) is 18.2. The normalized spacial score (nSPS) is 15.3. The second-order valence-corrected chi connectivity index (χ2v) is 9.19. The van der Waals surface area contributed by atoms with Gasteiger partial charge in [0.15, 0.2) is 17.3 Å². The lowest BCUT2D eigenvalue weighted by atomic mass is 10.1. The van der Waals surface area contributed by atoms with Crippen LogP contribution in [0.5, 0.6) is 11.5 Å². The van der Waals surface area contributed by atoms with Crippen molar-refractivity contribution in [3.63, 3.8) is 0 Å². The molecule has 0 unspecified atom stereocenters. The number of piperazine rings is 1. The highest BCUT2D eigenvalue weighted by atomic mass is 16.7. The summed E-state index contributed by atoms with van der Waals surface area (Å²) in [5.41, 5.74) is 3.86. The summed E-state index contributed by atoms with van der Waals surface area (Å²) in [5.74, 6) is 2.46. The number of para-hydroxylation sites is 1. The van der Waals surface area contributed by atoms with Crippen LogP contribution in [0.1, 0.15) is 11.3 Å². The summed E-state index contributed by atoms with van der Waals surface area (Å²) in [5, 5.41) is 8.04. The van der Waals surface area contributed by atoms with Crippen molar-refractivity contribution in [1.29, 1.82) is 0 Å². The molecule has 4 heterocycles. The molecular weight excluding hydrogens is 470 g/mol. The van der Waals surface area contributed by atoms with E-state index in [9.17, 15) is 4.79 Å². The number of carbonyl (C=O) groups is 1. The van der Waals surface area contributed by atoms with Gasteiger partial charge in [0.1, 0.15) is 5.69 Å². The van der Waals surface area contributed by atoms with Gasteiger partial charge in [0.2, 0.25) is 12.7 Å². The van der Waals surface area contributed by atoms with Gasteiger partial charge in [0, 0.05) is 39.3 Å². The van der Waals surface area contributed by atoms with Gasteiger partial charge in [-0.3, -0.25) is 9.69 Å². The number of amides is 1. The number of furan rings is 1. The molecule has 0 spiro atoms. The van der Waals surface area contributed by atoms with E-state index in [2.05, 4.69) is 16.3 Å². The van der Waals surface area contributed by atoms with Crippen LogP contribution < -0.4 is 14.8 Å². The van der Waals surface area contributed by atoms with Gasteiger partial charge < -0.3 is 24.1 Å². The average molecular weight is 500 g/mol. The van der Waals surface area contributed by atoms with E-state index in [1.54, 1.807) is 6.26 Å². The lowest BCUT2D eigenvalue weighted by molar-refractivity contribution is -0.132. The highest BCUT2D eigenvalue weighted by Crippen LogP contribution is 2.33. The van der Waals surface area contributed by atoms with E-state index < -0.39 is 0 Å². The molecule has 9 heteroatoms. The molecule has 0 radical (unpaired) electrons. The number of hydrogen-bond acceptors (Lipinski definition) is 7. The molecule has 0 atom stereocenters. The van der Waals surface area contributed by atoms with E-state index in [4.69, 9.17) is 19.0 Å². The van der Waals surface area contributed by atoms with Crippen LogP contribution in [-0.4, -0.2) is 65.0 Å². The van der Waals surface area contributed by atoms with E-state index in [1.807, 2.05) is 70.2 Å². The summed E-state index contributed by atoms with van der Waals surface area (Å²) in [4.78, 5) is 17.1. The molecule has 2 aromatic heterocycles. The number of rotatable bonds is 8. The van der Waals surface area contributed by atoms with Gasteiger partial charge >= 0.3 is 0 Å². The maximum Gasteiger partial charge on any atom is 0.236 e. The Morgan fingerprint density at radius 1 is 0.919 bits per heavy atom. The smallest absolute Gasteiger partial charge is 0.236 e. The predicted octanol–water partition coefficient (Wildman–Crippen LogP) is 3.30. The number of nitrogens with zero attached hydrogens (tertiary/aromatic N) is 4. The summed E-state index contributed by atoms with van der Waals surface area (Å²) in [6.07, 6.45) is 1.66. The van der Waals surface area contributed by atoms with Crippen molar-refractivity contribution >= 4 is 5.91 Å². The van der Waals surface area contributed by atoms with Gasteiger partial charge in [-0.1, -0.05) is 24.3 Å². The lowest BCUT2D eigenvalue weighted by Gasteiger charge is -2.34. The Morgan fingerprint density at radius 3 is 2.57 bits per heavy atom. The van der Waals surface area contributed by atoms with Crippen molar-refractivity contribution in [1.82, 2.24) is 24.9 Å². The molecule has 9 nitrogen and oxygen atoms in total. The second kappa shape index (κ2) is 10.5. The highest BCUT2D eigenvalue weighted by molar-refractivity contribution is 5.78. The second-order valence-electron chi connectivity index (χ2n) is 9.19. The number of nitrogens with one attached hydrogen (secondary N) is 1. The molecule has 0 aliphatic carbocycles. The molecule has 2 aromatic carbocycles. The Balaban J connectivity index is 1.01. The summed E-state index contributed by atoms with van der Waals surface area (Å²) >= 11 is 0. The largest absolute Gasteiger partial charge is 0.463 e. The van der Waals surface area contributed by atoms with Gasteiger partial charge in [-0.25, -0.2) is 4.68 Å². The fraction of sp³-hybridized carbons (Fsp3) is 0.286. The van der Waals surface area contributed by atoms with E-state index in [1.165, 1.54) is 5.56 Å². The van der Waals surface area contributed by atoms with Crippen LogP contribution in [0.2, 0.25) is 0 Å². The maximum atomic E-state index is 12.8. The van der Waals surface area contributed by atoms with E-state index >= 15 is 0 Å². The first-order valence-electron chi connectivity index (χ1n) is 12.5. The quantitative estimate of drug-likeness (QED) is 0.398. The summed E-state index contributed by atoms with van der Waals surface area (Å²) in [7, 11) is 0. The molecule has 1 saturated heterocycles. The van der Waals surface area contributed by atoms with E-state index in [-0.39, 0.29) is 19.2 Å². The molecule has 1 N–H and O–H groups in total. The first-order valence-corrected chi connectivity index (χ1v) is 12.5. The van der Waals surface area contributed by atoms with Gasteiger partial charge in [-0.15, -0.1) is 0 Å². The van der Waals surface area contributed by atoms with Crippen molar-refractivity contribution in [2.24, 2.45) is 0 Å². The number of hydrogen-bond donors (Lipinski definition) is 1. The zero-order valence-corrected chi connectivity index (χ0v) is 20.5. The SMILES string of the molecule is O=C(CNCc1cc(-c2ccco2)n(-c2ccccc2)n1)N1CCN(Cc2ccc3c(c2)OCO3)CC1. The van der Waals surface area contributed by atoms with Crippen molar-refractivity contribution in [2.45, 2.75) is 13.1 Å². The fourth-order valence-corrected chi connectivity index (χ4v) is 4.74. The first kappa shape index (κ1) is 23.3. The minimum atomic E-state index is 0.108. The van der Waals surface area contributed by atoms with Crippen LogP contribution in [0.3, 0.4) is 0 Å². The fourth-order valence-electron chi connectivity index (χ4n) is 4.74. The maximum absolute atomic E-state index is 12.8. The highest BCUT2D eigenvalue weighted by Gasteiger charge is 2.22. The molecule has 2 aliphatic rings.